The van der Waals surface area contributed by atoms with Crippen LogP contribution in [0, 0.1) is 5.82 Å². The number of aromatic nitrogens is 2. The summed E-state index contributed by atoms with van der Waals surface area (Å²) in [6, 6.07) is 14.3. The van der Waals surface area contributed by atoms with Crippen molar-refractivity contribution in [1.82, 2.24) is 20.2 Å². The fraction of sp³-hybridized carbons (Fsp3) is 0.320. The van der Waals surface area contributed by atoms with E-state index >= 15 is 0 Å². The molecule has 1 amide bonds. The third-order valence-corrected chi connectivity index (χ3v) is 5.97. The molecule has 0 atom stereocenters. The minimum absolute atomic E-state index is 0.149. The van der Waals surface area contributed by atoms with Crippen LogP contribution in [-0.2, 0) is 16.9 Å². The highest BCUT2D eigenvalue weighted by Crippen LogP contribution is 2.35. The quantitative estimate of drug-likeness (QED) is 0.637. The highest BCUT2D eigenvalue weighted by molar-refractivity contribution is 5.74. The second kappa shape index (κ2) is 9.44. The summed E-state index contributed by atoms with van der Waals surface area (Å²) in [5, 5.41) is 3.03. The van der Waals surface area contributed by atoms with E-state index in [2.05, 4.69) is 20.2 Å². The lowest BCUT2D eigenvalue weighted by Crippen LogP contribution is -2.52. The van der Waals surface area contributed by atoms with Crippen LogP contribution in [0.5, 0.6) is 5.75 Å². The highest BCUT2D eigenvalue weighted by atomic mass is 19.1. The summed E-state index contributed by atoms with van der Waals surface area (Å²) in [5.41, 5.74) is 1.82. The Hall–Kier alpha value is -3.32. The summed E-state index contributed by atoms with van der Waals surface area (Å²) in [7, 11) is 1.64. The first kappa shape index (κ1) is 21.9. The van der Waals surface area contributed by atoms with Crippen molar-refractivity contribution in [3.8, 4) is 17.1 Å². The number of hydrogen-bond donors (Lipinski definition) is 1. The lowest BCUT2D eigenvalue weighted by atomic mass is 9.80. The van der Waals surface area contributed by atoms with Crippen LogP contribution in [0.4, 0.5) is 4.39 Å². The molecule has 0 saturated carbocycles. The van der Waals surface area contributed by atoms with Gasteiger partial charge in [0.15, 0.2) is 5.82 Å². The molecule has 0 aliphatic carbocycles. The van der Waals surface area contributed by atoms with Crippen LogP contribution in [0.15, 0.2) is 60.9 Å². The Morgan fingerprint density at radius 2 is 1.75 bits per heavy atom. The number of hydrogen-bond acceptors (Lipinski definition) is 5. The van der Waals surface area contributed by atoms with E-state index in [1.54, 1.807) is 19.2 Å². The number of halogens is 1. The number of benzene rings is 2. The lowest BCUT2D eigenvalue weighted by molar-refractivity contribution is -0.121. The molecular formula is C25H27FN4O2. The number of carbonyl (C=O) groups is 1. The number of likely N-dealkylation sites (tertiary alicyclic amines) is 1. The maximum atomic E-state index is 14.5. The molecule has 6 nitrogen and oxygen atoms in total. The predicted octanol–water partition coefficient (Wildman–Crippen LogP) is 3.92. The minimum atomic E-state index is -0.678. The van der Waals surface area contributed by atoms with Crippen molar-refractivity contribution in [2.24, 2.45) is 0 Å². The average molecular weight is 435 g/mol. The van der Waals surface area contributed by atoms with Crippen LogP contribution in [0.25, 0.3) is 11.4 Å². The van der Waals surface area contributed by atoms with Crippen LogP contribution in [-0.4, -0.2) is 41.0 Å². The smallest absolute Gasteiger partial charge is 0.217 e. The zero-order chi connectivity index (χ0) is 22.6. The van der Waals surface area contributed by atoms with Gasteiger partial charge in [-0.2, -0.15) is 0 Å². The zero-order valence-electron chi connectivity index (χ0n) is 18.3. The molecule has 1 N–H and O–H groups in total. The third kappa shape index (κ3) is 4.78. The van der Waals surface area contributed by atoms with Gasteiger partial charge in [0, 0.05) is 55.6 Å². The summed E-state index contributed by atoms with van der Waals surface area (Å²) in [4.78, 5) is 23.2. The Labute approximate surface area is 187 Å². The van der Waals surface area contributed by atoms with Crippen molar-refractivity contribution < 1.29 is 13.9 Å². The molecule has 1 aliphatic heterocycles. The summed E-state index contributed by atoms with van der Waals surface area (Å²) < 4.78 is 19.7. The monoisotopic (exact) mass is 434 g/mol. The molecule has 1 fully saturated rings. The molecular weight excluding hydrogens is 407 g/mol. The van der Waals surface area contributed by atoms with E-state index in [1.807, 2.05) is 42.7 Å². The molecule has 0 unspecified atom stereocenters. The third-order valence-electron chi connectivity index (χ3n) is 5.97. The molecule has 3 aromatic rings. The molecule has 0 bridgehead atoms. The molecule has 1 aromatic heterocycles. The van der Waals surface area contributed by atoms with Gasteiger partial charge in [0.2, 0.25) is 5.91 Å². The van der Waals surface area contributed by atoms with Crippen molar-refractivity contribution in [1.29, 1.82) is 0 Å². The van der Waals surface area contributed by atoms with Crippen LogP contribution >= 0.6 is 0 Å². The van der Waals surface area contributed by atoms with E-state index in [9.17, 15) is 9.18 Å². The first-order valence-electron chi connectivity index (χ1n) is 10.7. The van der Waals surface area contributed by atoms with Gasteiger partial charge in [0.1, 0.15) is 11.6 Å². The van der Waals surface area contributed by atoms with Gasteiger partial charge < -0.3 is 10.1 Å². The van der Waals surface area contributed by atoms with Crippen LogP contribution in [0.1, 0.15) is 30.9 Å². The minimum Gasteiger partial charge on any atom is -0.497 e. The highest BCUT2D eigenvalue weighted by Gasteiger charge is 2.38. The number of piperidine rings is 1. The Bertz CT molecular complexity index is 1060. The van der Waals surface area contributed by atoms with Crippen molar-refractivity contribution in [2.75, 3.05) is 20.2 Å². The Morgan fingerprint density at radius 3 is 2.34 bits per heavy atom. The number of ether oxygens (including phenoxy) is 1. The van der Waals surface area contributed by atoms with E-state index in [0.717, 1.165) is 30.0 Å². The summed E-state index contributed by atoms with van der Waals surface area (Å²) >= 11 is 0. The van der Waals surface area contributed by atoms with Gasteiger partial charge in [-0.05, 0) is 43.2 Å². The van der Waals surface area contributed by atoms with Crippen molar-refractivity contribution in [3.63, 3.8) is 0 Å². The van der Waals surface area contributed by atoms with Gasteiger partial charge in [-0.25, -0.2) is 14.4 Å². The fourth-order valence-corrected chi connectivity index (χ4v) is 4.32. The molecule has 166 valence electrons. The molecule has 2 heterocycles. The van der Waals surface area contributed by atoms with Gasteiger partial charge in [0.25, 0.3) is 0 Å². The second-order valence-electron chi connectivity index (χ2n) is 8.16. The van der Waals surface area contributed by atoms with Crippen LogP contribution < -0.4 is 10.1 Å². The van der Waals surface area contributed by atoms with E-state index in [0.29, 0.717) is 30.8 Å². The largest absolute Gasteiger partial charge is 0.497 e. The Morgan fingerprint density at radius 1 is 1.09 bits per heavy atom. The number of nitrogens with zero attached hydrogens (tertiary/aromatic N) is 3. The average Bonchev–Trinajstić information content (AvgIpc) is 2.81. The van der Waals surface area contributed by atoms with Crippen molar-refractivity contribution in [3.05, 3.63) is 77.9 Å². The van der Waals surface area contributed by atoms with E-state index in [4.69, 9.17) is 4.74 Å². The zero-order valence-corrected chi connectivity index (χ0v) is 18.3. The molecule has 4 rings (SSSR count). The van der Waals surface area contributed by atoms with Crippen LogP contribution in [0.2, 0.25) is 0 Å². The van der Waals surface area contributed by atoms with E-state index < -0.39 is 5.54 Å². The maximum absolute atomic E-state index is 14.5. The van der Waals surface area contributed by atoms with Gasteiger partial charge in [0.05, 0.1) is 12.6 Å². The van der Waals surface area contributed by atoms with Gasteiger partial charge >= 0.3 is 0 Å². The normalized spacial score (nSPS) is 15.8. The molecule has 2 aromatic carbocycles. The van der Waals surface area contributed by atoms with Gasteiger partial charge in [-0.15, -0.1) is 0 Å². The predicted molar refractivity (Wildman–Crippen MR) is 120 cm³/mol. The number of carbonyl (C=O) groups excluding carboxylic acids is 1. The van der Waals surface area contributed by atoms with Crippen LogP contribution in [0.3, 0.4) is 0 Å². The fourth-order valence-electron chi connectivity index (χ4n) is 4.32. The second-order valence-corrected chi connectivity index (χ2v) is 8.16. The molecule has 1 saturated heterocycles. The van der Waals surface area contributed by atoms with E-state index in [-0.39, 0.29) is 11.7 Å². The number of amides is 1. The lowest BCUT2D eigenvalue weighted by Gasteiger charge is -2.42. The number of nitrogens with one attached hydrogen (secondary N) is 1. The molecule has 0 radical (unpaired) electrons. The number of methoxy groups -OCH3 is 1. The first-order chi connectivity index (χ1) is 15.5. The summed E-state index contributed by atoms with van der Waals surface area (Å²) in [5.74, 6) is 1.03. The molecule has 32 heavy (non-hydrogen) atoms. The standard InChI is InChI=1S/C25H27FN4O2/c1-18(31)29-25(22-5-3-4-6-23(22)26)11-13-30(14-12-25)17-19-15-27-24(28-16-19)20-7-9-21(32-2)10-8-20/h3-10,15-16H,11-14,17H2,1-2H3,(H,29,31). The Balaban J connectivity index is 1.42. The van der Waals surface area contributed by atoms with Crippen molar-refractivity contribution in [2.45, 2.75) is 31.8 Å². The van der Waals surface area contributed by atoms with Gasteiger partial charge in [-0.1, -0.05) is 18.2 Å². The summed E-state index contributed by atoms with van der Waals surface area (Å²) in [6.07, 6.45) is 4.97. The molecule has 1 aliphatic rings. The van der Waals surface area contributed by atoms with Gasteiger partial charge in [-0.3, -0.25) is 9.69 Å². The number of rotatable bonds is 6. The topological polar surface area (TPSA) is 67.3 Å². The molecule has 7 heteroatoms. The molecule has 0 spiro atoms. The summed E-state index contributed by atoms with van der Waals surface area (Å²) in [6.45, 7) is 3.65. The Kier molecular flexibility index (Phi) is 6.46. The first-order valence-corrected chi connectivity index (χ1v) is 10.7. The maximum Gasteiger partial charge on any atom is 0.217 e. The van der Waals surface area contributed by atoms with E-state index in [1.165, 1.54) is 13.0 Å². The SMILES string of the molecule is COc1ccc(-c2ncc(CN3CCC(NC(C)=O)(c4ccccc4F)CC3)cn2)cc1. The van der Waals surface area contributed by atoms with Crippen molar-refractivity contribution >= 4 is 5.91 Å².